The lowest BCUT2D eigenvalue weighted by Crippen LogP contribution is -2.60. The molecule has 300 valence electrons. The topological polar surface area (TPSA) is 182 Å². The van der Waals surface area contributed by atoms with Gasteiger partial charge in [0.05, 0.1) is 30.1 Å². The SMILES string of the molecule is C=CC1CC1(NC(=O)[C@@H]1C[C@@H](Oc2cc(-c3ccccc3)nc3cc(OC)ccc23)CN1C(=O)[C@H](NC(=O)OC(C)(C)C)C(C)(C)C)C(=O)NS(=O)(=O)C1CC1. The van der Waals surface area contributed by atoms with Gasteiger partial charge in [0.15, 0.2) is 0 Å². The van der Waals surface area contributed by atoms with E-state index in [2.05, 4.69) is 21.9 Å². The molecular formula is C41H51N5O9S. The number of hydrogen-bond donors (Lipinski definition) is 3. The van der Waals surface area contributed by atoms with Crippen LogP contribution in [0.15, 0.2) is 67.3 Å². The summed E-state index contributed by atoms with van der Waals surface area (Å²) in [6.07, 6.45) is 1.01. The fourth-order valence-electron chi connectivity index (χ4n) is 6.97. The Hall–Kier alpha value is -5.18. The Bertz CT molecular complexity index is 2140. The molecule has 1 aliphatic heterocycles. The Balaban J connectivity index is 1.34. The monoisotopic (exact) mass is 789 g/mol. The highest BCUT2D eigenvalue weighted by atomic mass is 32.2. The van der Waals surface area contributed by atoms with E-state index in [1.54, 1.807) is 60.8 Å². The standard InChI is InChI=1S/C41H51N5O9S/c1-9-25-22-41(25,37(49)45-56(51,52)28-16-17-28)44-35(47)32-20-27(23-46(32)36(48)34(39(2,3)4)43-38(50)55-40(5,6)7)54-33-21-30(24-13-11-10-12-14-24)42-31-19-26(53-8)15-18-29(31)33/h9-15,18-19,21,25,27-28,32,34H,1,16-17,20,22-23H2,2-8H3,(H,43,50)(H,44,47)(H,45,49)/t25?,27-,32+,34+,41?/m1/s1. The summed E-state index contributed by atoms with van der Waals surface area (Å²) >= 11 is 0. The maximum absolute atomic E-state index is 14.7. The summed E-state index contributed by atoms with van der Waals surface area (Å²) in [7, 11) is -2.35. The summed E-state index contributed by atoms with van der Waals surface area (Å²) in [6, 6.07) is 14.5. The number of benzene rings is 2. The number of hydrogen-bond acceptors (Lipinski definition) is 10. The third-order valence-electron chi connectivity index (χ3n) is 10.2. The Morgan fingerprint density at radius 1 is 1.02 bits per heavy atom. The molecular weight excluding hydrogens is 739 g/mol. The van der Waals surface area contributed by atoms with Crippen molar-refractivity contribution >= 4 is 44.7 Å². The number of likely N-dealkylation sites (tertiary alicyclic amines) is 1. The molecule has 2 heterocycles. The fourth-order valence-corrected chi connectivity index (χ4v) is 8.33. The van der Waals surface area contributed by atoms with E-state index in [4.69, 9.17) is 19.2 Å². The summed E-state index contributed by atoms with van der Waals surface area (Å²) in [5.74, 6) is -1.56. The second-order valence-corrected chi connectivity index (χ2v) is 18.8. The van der Waals surface area contributed by atoms with Crippen molar-refractivity contribution in [2.24, 2.45) is 11.3 Å². The minimum Gasteiger partial charge on any atom is -0.497 e. The van der Waals surface area contributed by atoms with Gasteiger partial charge in [-0.05, 0) is 57.6 Å². The van der Waals surface area contributed by atoms with E-state index >= 15 is 0 Å². The second-order valence-electron chi connectivity index (χ2n) is 16.9. The number of sulfonamides is 1. The van der Waals surface area contributed by atoms with Crippen LogP contribution in [-0.4, -0.2) is 90.3 Å². The molecule has 3 fully saturated rings. The van der Waals surface area contributed by atoms with E-state index in [0.717, 1.165) is 5.56 Å². The quantitative estimate of drug-likeness (QED) is 0.214. The summed E-state index contributed by atoms with van der Waals surface area (Å²) in [6.45, 7) is 14.2. The maximum Gasteiger partial charge on any atom is 0.408 e. The van der Waals surface area contributed by atoms with Crippen molar-refractivity contribution in [1.29, 1.82) is 0 Å². The Morgan fingerprint density at radius 3 is 2.30 bits per heavy atom. The Kier molecular flexibility index (Phi) is 10.9. The van der Waals surface area contributed by atoms with Crippen molar-refractivity contribution in [2.75, 3.05) is 13.7 Å². The number of fused-ring (bicyclic) bond motifs is 1. The highest BCUT2D eigenvalue weighted by molar-refractivity contribution is 7.91. The number of rotatable bonds is 12. The van der Waals surface area contributed by atoms with Crippen LogP contribution < -0.4 is 24.8 Å². The van der Waals surface area contributed by atoms with Gasteiger partial charge in [-0.25, -0.2) is 18.2 Å². The van der Waals surface area contributed by atoms with E-state index in [9.17, 15) is 27.6 Å². The summed E-state index contributed by atoms with van der Waals surface area (Å²) in [5, 5.41) is 5.56. The molecule has 14 nitrogen and oxygen atoms in total. The van der Waals surface area contributed by atoms with Crippen LogP contribution in [0.5, 0.6) is 11.5 Å². The molecule has 0 radical (unpaired) electrons. The first-order chi connectivity index (χ1) is 26.2. The number of nitrogens with zero attached hydrogens (tertiary/aromatic N) is 2. The normalized spacial score (nSPS) is 22.8. The average molecular weight is 790 g/mol. The van der Waals surface area contributed by atoms with Crippen molar-refractivity contribution < 1.29 is 41.8 Å². The Morgan fingerprint density at radius 2 is 1.71 bits per heavy atom. The predicted molar refractivity (Wildman–Crippen MR) is 210 cm³/mol. The van der Waals surface area contributed by atoms with Gasteiger partial charge in [0, 0.05) is 35.4 Å². The van der Waals surface area contributed by atoms with Crippen LogP contribution >= 0.6 is 0 Å². The molecule has 0 bridgehead atoms. The number of alkyl carbamates (subject to hydrolysis) is 1. The van der Waals surface area contributed by atoms with E-state index in [0.29, 0.717) is 40.9 Å². The average Bonchev–Trinajstić information content (AvgIpc) is 4.06. The van der Waals surface area contributed by atoms with Crippen LogP contribution in [-0.2, 0) is 29.1 Å². The predicted octanol–water partition coefficient (Wildman–Crippen LogP) is 4.87. The number of ether oxygens (including phenoxy) is 3. The third kappa shape index (κ3) is 8.77. The number of amides is 4. The van der Waals surface area contributed by atoms with E-state index in [-0.39, 0.29) is 19.4 Å². The van der Waals surface area contributed by atoms with Gasteiger partial charge in [0.2, 0.25) is 21.8 Å². The van der Waals surface area contributed by atoms with Gasteiger partial charge in [-0.15, -0.1) is 6.58 Å². The molecule has 2 saturated carbocycles. The first-order valence-electron chi connectivity index (χ1n) is 18.8. The highest BCUT2D eigenvalue weighted by Crippen LogP contribution is 2.46. The van der Waals surface area contributed by atoms with Crippen LogP contribution in [0.4, 0.5) is 4.79 Å². The lowest BCUT2D eigenvalue weighted by atomic mass is 9.85. The van der Waals surface area contributed by atoms with Crippen molar-refractivity contribution in [3.63, 3.8) is 0 Å². The minimum atomic E-state index is -3.92. The molecule has 6 rings (SSSR count). The molecule has 5 atom stereocenters. The first-order valence-corrected chi connectivity index (χ1v) is 20.3. The van der Waals surface area contributed by atoms with Crippen LogP contribution in [0, 0.1) is 11.3 Å². The minimum absolute atomic E-state index is 0.0122. The lowest BCUT2D eigenvalue weighted by molar-refractivity contribution is -0.143. The zero-order valence-electron chi connectivity index (χ0n) is 32.9. The molecule has 0 spiro atoms. The van der Waals surface area contributed by atoms with Crippen molar-refractivity contribution in [3.05, 3.63) is 67.3 Å². The molecule has 2 aromatic carbocycles. The molecule has 1 aromatic heterocycles. The molecule has 15 heteroatoms. The number of methoxy groups -OCH3 is 1. The van der Waals surface area contributed by atoms with E-state index in [1.165, 1.54) is 11.0 Å². The van der Waals surface area contributed by atoms with Crippen LogP contribution in [0.2, 0.25) is 0 Å². The van der Waals surface area contributed by atoms with Crippen LogP contribution in [0.3, 0.4) is 0 Å². The zero-order valence-corrected chi connectivity index (χ0v) is 33.7. The van der Waals surface area contributed by atoms with Gasteiger partial charge in [0.1, 0.15) is 40.8 Å². The lowest BCUT2D eigenvalue weighted by Gasteiger charge is -2.36. The van der Waals surface area contributed by atoms with Gasteiger partial charge in [-0.2, -0.15) is 0 Å². The summed E-state index contributed by atoms with van der Waals surface area (Å²) < 4.78 is 45.4. The van der Waals surface area contributed by atoms with Gasteiger partial charge >= 0.3 is 6.09 Å². The van der Waals surface area contributed by atoms with Crippen molar-refractivity contribution in [1.82, 2.24) is 25.2 Å². The molecule has 4 amide bonds. The molecule has 1 saturated heterocycles. The number of pyridine rings is 1. The molecule has 2 aliphatic carbocycles. The van der Waals surface area contributed by atoms with Gasteiger partial charge < -0.3 is 29.7 Å². The number of aromatic nitrogens is 1. The van der Waals surface area contributed by atoms with Crippen molar-refractivity contribution in [3.8, 4) is 22.8 Å². The Labute approximate surface area is 327 Å². The molecule has 3 N–H and O–H groups in total. The maximum atomic E-state index is 14.7. The van der Waals surface area contributed by atoms with E-state index < -0.39 is 79.7 Å². The molecule has 3 aromatic rings. The first kappa shape index (κ1) is 40.5. The highest BCUT2D eigenvalue weighted by Gasteiger charge is 2.62. The number of nitrogens with one attached hydrogen (secondary N) is 3. The van der Waals surface area contributed by atoms with Crippen LogP contribution in [0.25, 0.3) is 22.2 Å². The molecule has 3 aliphatic rings. The summed E-state index contributed by atoms with van der Waals surface area (Å²) in [5.41, 5.74) is -1.16. The summed E-state index contributed by atoms with van der Waals surface area (Å²) in [4.78, 5) is 61.9. The largest absolute Gasteiger partial charge is 0.497 e. The molecule has 56 heavy (non-hydrogen) atoms. The second kappa shape index (κ2) is 15.1. The zero-order chi connectivity index (χ0) is 40.8. The number of carbonyl (C=O) groups is 4. The van der Waals surface area contributed by atoms with Gasteiger partial charge in [-0.1, -0.05) is 57.2 Å². The van der Waals surface area contributed by atoms with E-state index in [1.807, 2.05) is 42.5 Å². The number of carbonyl (C=O) groups excluding carboxylic acids is 4. The van der Waals surface area contributed by atoms with Gasteiger partial charge in [-0.3, -0.25) is 19.1 Å². The smallest absolute Gasteiger partial charge is 0.408 e. The van der Waals surface area contributed by atoms with Crippen LogP contribution in [0.1, 0.15) is 67.2 Å². The fraction of sp³-hybridized carbons (Fsp3) is 0.488. The molecule has 2 unspecified atom stereocenters. The van der Waals surface area contributed by atoms with Gasteiger partial charge in [0.25, 0.3) is 5.91 Å². The van der Waals surface area contributed by atoms with Crippen molar-refractivity contribution in [2.45, 2.75) is 102 Å². The third-order valence-corrected chi connectivity index (χ3v) is 12.0.